The van der Waals surface area contributed by atoms with Crippen molar-refractivity contribution in [2.75, 3.05) is 12.4 Å². The Kier molecular flexibility index (Phi) is 4.80. The maximum Gasteiger partial charge on any atom is 0.243 e. The van der Waals surface area contributed by atoms with E-state index in [9.17, 15) is 8.42 Å². The normalized spacial score (nSPS) is 13.1. The molecule has 1 rings (SSSR count). The third-order valence-electron chi connectivity index (χ3n) is 2.65. The van der Waals surface area contributed by atoms with Crippen molar-refractivity contribution in [3.8, 4) is 0 Å². The van der Waals surface area contributed by atoms with E-state index in [0.717, 1.165) is 4.47 Å². The zero-order valence-corrected chi connectivity index (χ0v) is 13.9. The molecule has 0 atom stereocenters. The molecule has 1 aromatic rings. The van der Waals surface area contributed by atoms with E-state index in [1.807, 2.05) is 13.8 Å². The SMILES string of the molecule is CN(C(C)(C)CBr)S(=O)(=O)c1ccc(Br)cc1. The van der Waals surface area contributed by atoms with Gasteiger partial charge in [0.2, 0.25) is 10.0 Å². The number of benzene rings is 1. The Balaban J connectivity index is 3.16. The summed E-state index contributed by atoms with van der Waals surface area (Å²) in [5, 5.41) is 0.576. The van der Waals surface area contributed by atoms with Crippen molar-refractivity contribution in [1.29, 1.82) is 0 Å². The van der Waals surface area contributed by atoms with Gasteiger partial charge in [0.25, 0.3) is 0 Å². The molecule has 0 aliphatic rings. The Morgan fingerprint density at radius 1 is 1.24 bits per heavy atom. The average molecular weight is 385 g/mol. The molecule has 0 radical (unpaired) electrons. The first-order valence-electron chi connectivity index (χ1n) is 5.02. The summed E-state index contributed by atoms with van der Waals surface area (Å²) in [5.74, 6) is 0. The highest BCUT2D eigenvalue weighted by Gasteiger charge is 2.32. The molecule has 0 spiro atoms. The summed E-state index contributed by atoms with van der Waals surface area (Å²) in [6.07, 6.45) is 0. The van der Waals surface area contributed by atoms with Crippen LogP contribution in [0.4, 0.5) is 0 Å². The maximum atomic E-state index is 12.3. The van der Waals surface area contributed by atoms with Gasteiger partial charge in [-0.15, -0.1) is 0 Å². The van der Waals surface area contributed by atoms with Gasteiger partial charge < -0.3 is 0 Å². The van der Waals surface area contributed by atoms with E-state index in [2.05, 4.69) is 31.9 Å². The van der Waals surface area contributed by atoms with Crippen LogP contribution in [0.1, 0.15) is 13.8 Å². The van der Waals surface area contributed by atoms with Crippen molar-refractivity contribution in [1.82, 2.24) is 4.31 Å². The molecule has 0 bridgehead atoms. The van der Waals surface area contributed by atoms with Crippen LogP contribution in [0, 0.1) is 0 Å². The van der Waals surface area contributed by atoms with Crippen LogP contribution in [0.2, 0.25) is 0 Å². The van der Waals surface area contributed by atoms with Gasteiger partial charge in [-0.25, -0.2) is 8.42 Å². The highest BCUT2D eigenvalue weighted by Crippen LogP contribution is 2.25. The van der Waals surface area contributed by atoms with E-state index in [1.54, 1.807) is 31.3 Å². The summed E-state index contributed by atoms with van der Waals surface area (Å²) < 4.78 is 26.9. The summed E-state index contributed by atoms with van der Waals surface area (Å²) in [4.78, 5) is 0.303. The van der Waals surface area contributed by atoms with Gasteiger partial charge in [0.05, 0.1) is 4.90 Å². The third kappa shape index (κ3) is 3.30. The van der Waals surface area contributed by atoms with Gasteiger partial charge in [-0.2, -0.15) is 4.31 Å². The summed E-state index contributed by atoms with van der Waals surface area (Å²) >= 11 is 6.62. The molecule has 6 heteroatoms. The van der Waals surface area contributed by atoms with E-state index in [-0.39, 0.29) is 0 Å². The van der Waals surface area contributed by atoms with Crippen LogP contribution in [-0.4, -0.2) is 30.6 Å². The van der Waals surface area contributed by atoms with Crippen molar-refractivity contribution < 1.29 is 8.42 Å². The lowest BCUT2D eigenvalue weighted by Gasteiger charge is -2.32. The fourth-order valence-corrected chi connectivity index (χ4v) is 3.49. The van der Waals surface area contributed by atoms with Crippen molar-refractivity contribution in [3.05, 3.63) is 28.7 Å². The van der Waals surface area contributed by atoms with Crippen LogP contribution >= 0.6 is 31.9 Å². The van der Waals surface area contributed by atoms with Crippen LogP contribution in [0.15, 0.2) is 33.6 Å². The van der Waals surface area contributed by atoms with Gasteiger partial charge in [-0.3, -0.25) is 0 Å². The molecule has 0 amide bonds. The quantitative estimate of drug-likeness (QED) is 0.747. The predicted molar refractivity (Wildman–Crippen MR) is 77.0 cm³/mol. The summed E-state index contributed by atoms with van der Waals surface area (Å²) in [6.45, 7) is 3.75. The smallest absolute Gasteiger partial charge is 0.207 e. The minimum atomic E-state index is -3.44. The number of rotatable bonds is 4. The highest BCUT2D eigenvalue weighted by molar-refractivity contribution is 9.10. The van der Waals surface area contributed by atoms with E-state index in [0.29, 0.717) is 10.2 Å². The monoisotopic (exact) mass is 383 g/mol. The molecular weight excluding hydrogens is 370 g/mol. The fourth-order valence-electron chi connectivity index (χ4n) is 1.17. The molecule has 0 saturated carbocycles. The number of alkyl halides is 1. The summed E-state index contributed by atoms with van der Waals surface area (Å²) in [7, 11) is -1.85. The Morgan fingerprint density at radius 2 is 1.71 bits per heavy atom. The lowest BCUT2D eigenvalue weighted by molar-refractivity contribution is 0.299. The Hall–Kier alpha value is 0.0900. The molecule has 17 heavy (non-hydrogen) atoms. The standard InChI is InChI=1S/C11H15Br2NO2S/c1-11(2,8-12)14(3)17(15,16)10-6-4-9(13)5-7-10/h4-7H,8H2,1-3H3. The molecule has 0 fully saturated rings. The number of halogens is 2. The number of nitrogens with zero attached hydrogens (tertiary/aromatic N) is 1. The van der Waals surface area contributed by atoms with Crippen LogP contribution in [0.5, 0.6) is 0 Å². The first-order chi connectivity index (χ1) is 7.71. The minimum Gasteiger partial charge on any atom is -0.207 e. The Bertz CT molecular complexity index is 483. The lowest BCUT2D eigenvalue weighted by Crippen LogP contribution is -2.46. The van der Waals surface area contributed by atoms with Gasteiger partial charge >= 0.3 is 0 Å². The van der Waals surface area contributed by atoms with Crippen molar-refractivity contribution >= 4 is 41.9 Å². The maximum absolute atomic E-state index is 12.3. The lowest BCUT2D eigenvalue weighted by atomic mass is 10.1. The highest BCUT2D eigenvalue weighted by atomic mass is 79.9. The second-order valence-corrected chi connectivity index (χ2v) is 7.82. The number of sulfonamides is 1. The molecule has 0 heterocycles. The number of hydrogen-bond acceptors (Lipinski definition) is 2. The van der Waals surface area contributed by atoms with Crippen molar-refractivity contribution in [2.24, 2.45) is 0 Å². The van der Waals surface area contributed by atoms with Crippen LogP contribution in [-0.2, 0) is 10.0 Å². The average Bonchev–Trinajstić information content (AvgIpc) is 2.28. The molecule has 0 N–H and O–H groups in total. The topological polar surface area (TPSA) is 37.4 Å². The molecule has 96 valence electrons. The second-order valence-electron chi connectivity index (χ2n) is 4.37. The summed E-state index contributed by atoms with van der Waals surface area (Å²) in [5.41, 5.74) is -0.466. The van der Waals surface area contributed by atoms with E-state index in [1.165, 1.54) is 4.31 Å². The largest absolute Gasteiger partial charge is 0.243 e. The van der Waals surface area contributed by atoms with Crippen LogP contribution < -0.4 is 0 Å². The Labute approximate surface area is 120 Å². The fraction of sp³-hybridized carbons (Fsp3) is 0.455. The molecule has 3 nitrogen and oxygen atoms in total. The van der Waals surface area contributed by atoms with Gasteiger partial charge in [-0.05, 0) is 38.1 Å². The third-order valence-corrected chi connectivity index (χ3v) is 6.64. The second kappa shape index (κ2) is 5.38. The zero-order chi connectivity index (χ0) is 13.3. The first kappa shape index (κ1) is 15.1. The van der Waals surface area contributed by atoms with E-state index >= 15 is 0 Å². The molecule has 0 aliphatic heterocycles. The van der Waals surface area contributed by atoms with Crippen LogP contribution in [0.3, 0.4) is 0 Å². The molecule has 0 unspecified atom stereocenters. The van der Waals surface area contributed by atoms with Gasteiger partial charge in [0.1, 0.15) is 0 Å². The molecule has 0 saturated heterocycles. The number of hydrogen-bond donors (Lipinski definition) is 0. The van der Waals surface area contributed by atoms with E-state index < -0.39 is 15.6 Å². The van der Waals surface area contributed by atoms with Crippen molar-refractivity contribution in [2.45, 2.75) is 24.3 Å². The first-order valence-corrected chi connectivity index (χ1v) is 8.38. The molecule has 0 aromatic heterocycles. The molecular formula is C11H15Br2NO2S. The summed E-state index contributed by atoms with van der Waals surface area (Å²) in [6, 6.07) is 6.64. The van der Waals surface area contributed by atoms with E-state index in [4.69, 9.17) is 0 Å². The van der Waals surface area contributed by atoms with Gasteiger partial charge in [0, 0.05) is 22.4 Å². The minimum absolute atomic E-state index is 0.303. The van der Waals surface area contributed by atoms with Crippen LogP contribution in [0.25, 0.3) is 0 Å². The molecule has 1 aromatic carbocycles. The van der Waals surface area contributed by atoms with Crippen molar-refractivity contribution in [3.63, 3.8) is 0 Å². The predicted octanol–water partition coefficient (Wildman–Crippen LogP) is 3.24. The Morgan fingerprint density at radius 3 is 2.12 bits per heavy atom. The zero-order valence-electron chi connectivity index (χ0n) is 9.94. The van der Waals surface area contributed by atoms with Gasteiger partial charge in [-0.1, -0.05) is 31.9 Å². The van der Waals surface area contributed by atoms with Gasteiger partial charge in [0.15, 0.2) is 0 Å². The molecule has 0 aliphatic carbocycles.